The van der Waals surface area contributed by atoms with Crippen LogP contribution in [0.1, 0.15) is 36.0 Å². The van der Waals surface area contributed by atoms with E-state index in [2.05, 4.69) is 15.6 Å². The van der Waals surface area contributed by atoms with Crippen molar-refractivity contribution in [2.45, 2.75) is 37.8 Å². The molecule has 104 valence electrons. The lowest BCUT2D eigenvalue weighted by molar-refractivity contribution is 0.0714. The number of anilines is 1. The molecular formula is C13H18FN3O2. The summed E-state index contributed by atoms with van der Waals surface area (Å²) in [6.07, 6.45) is 4.14. The van der Waals surface area contributed by atoms with E-state index < -0.39 is 17.8 Å². The monoisotopic (exact) mass is 267 g/mol. The number of nitrogens with zero attached hydrogens (tertiary/aromatic N) is 1. The third kappa shape index (κ3) is 3.01. The van der Waals surface area contributed by atoms with Crippen LogP contribution in [0.2, 0.25) is 0 Å². The number of rotatable bonds is 3. The Balaban J connectivity index is 2.11. The van der Waals surface area contributed by atoms with E-state index in [1.54, 1.807) is 0 Å². The first kappa shape index (κ1) is 13.7. The zero-order chi connectivity index (χ0) is 13.8. The highest BCUT2D eigenvalue weighted by atomic mass is 19.1. The number of aliphatic hydroxyl groups excluding tert-OH is 1. The van der Waals surface area contributed by atoms with Gasteiger partial charge in [-0.1, -0.05) is 12.8 Å². The van der Waals surface area contributed by atoms with Gasteiger partial charge >= 0.3 is 0 Å². The van der Waals surface area contributed by atoms with Crippen LogP contribution in [-0.2, 0) is 0 Å². The van der Waals surface area contributed by atoms with Gasteiger partial charge in [0.1, 0.15) is 0 Å². The number of pyridine rings is 1. The number of nitrogens with one attached hydrogen (secondary N) is 2. The fourth-order valence-corrected chi connectivity index (χ4v) is 2.32. The molecule has 0 spiro atoms. The van der Waals surface area contributed by atoms with Crippen molar-refractivity contribution in [3.63, 3.8) is 0 Å². The maximum atomic E-state index is 13.9. The molecule has 0 aromatic carbocycles. The average Bonchev–Trinajstić information content (AvgIpc) is 2.41. The number of aromatic nitrogens is 1. The Hall–Kier alpha value is -1.69. The SMILES string of the molecule is CNc1nccc(C(=O)NC2CCCCC2O)c1F. The summed E-state index contributed by atoms with van der Waals surface area (Å²) >= 11 is 0. The molecule has 3 N–H and O–H groups in total. The molecule has 6 heteroatoms. The predicted octanol–water partition coefficient (Wildman–Crippen LogP) is 1.30. The molecule has 1 amide bonds. The van der Waals surface area contributed by atoms with E-state index in [0.717, 1.165) is 19.3 Å². The molecule has 2 unspecified atom stereocenters. The van der Waals surface area contributed by atoms with E-state index in [4.69, 9.17) is 0 Å². The van der Waals surface area contributed by atoms with Gasteiger partial charge in [0, 0.05) is 13.2 Å². The molecule has 2 rings (SSSR count). The highest BCUT2D eigenvalue weighted by Gasteiger charge is 2.26. The van der Waals surface area contributed by atoms with E-state index >= 15 is 0 Å². The van der Waals surface area contributed by atoms with Crippen molar-refractivity contribution in [2.75, 3.05) is 12.4 Å². The van der Waals surface area contributed by atoms with E-state index in [9.17, 15) is 14.3 Å². The van der Waals surface area contributed by atoms with Crippen LogP contribution >= 0.6 is 0 Å². The standard InChI is InChI=1S/C13H18FN3O2/c1-15-12-11(14)8(6-7-16-12)13(19)17-9-4-2-3-5-10(9)18/h6-7,9-10,18H,2-5H2,1H3,(H,15,16)(H,17,19). The Kier molecular flexibility index (Phi) is 4.31. The van der Waals surface area contributed by atoms with Crippen LogP contribution in [0.3, 0.4) is 0 Å². The molecule has 0 radical (unpaired) electrons. The molecule has 1 aliphatic rings. The third-order valence-electron chi connectivity index (χ3n) is 3.42. The first-order valence-corrected chi connectivity index (χ1v) is 6.44. The van der Waals surface area contributed by atoms with Crippen molar-refractivity contribution in [2.24, 2.45) is 0 Å². The normalized spacial score (nSPS) is 22.9. The van der Waals surface area contributed by atoms with Gasteiger partial charge in [-0.05, 0) is 18.9 Å². The van der Waals surface area contributed by atoms with Crippen LogP contribution in [-0.4, -0.2) is 35.2 Å². The third-order valence-corrected chi connectivity index (χ3v) is 3.42. The average molecular weight is 267 g/mol. The predicted molar refractivity (Wildman–Crippen MR) is 69.5 cm³/mol. The topological polar surface area (TPSA) is 74.2 Å². The Morgan fingerprint density at radius 3 is 2.89 bits per heavy atom. The van der Waals surface area contributed by atoms with Gasteiger partial charge in [0.25, 0.3) is 5.91 Å². The van der Waals surface area contributed by atoms with Crippen molar-refractivity contribution < 1.29 is 14.3 Å². The molecule has 0 bridgehead atoms. The highest BCUT2D eigenvalue weighted by Crippen LogP contribution is 2.20. The number of carbonyl (C=O) groups is 1. The van der Waals surface area contributed by atoms with Crippen LogP contribution in [0.25, 0.3) is 0 Å². The molecule has 1 aromatic rings. The number of aliphatic hydroxyl groups is 1. The second-order valence-electron chi connectivity index (χ2n) is 4.70. The summed E-state index contributed by atoms with van der Waals surface area (Å²) in [7, 11) is 1.54. The first-order chi connectivity index (χ1) is 9.13. The van der Waals surface area contributed by atoms with Crippen LogP contribution in [0.5, 0.6) is 0 Å². The molecule has 1 aliphatic carbocycles. The second-order valence-corrected chi connectivity index (χ2v) is 4.70. The Bertz CT molecular complexity index is 467. The zero-order valence-electron chi connectivity index (χ0n) is 10.8. The molecule has 2 atom stereocenters. The fraction of sp³-hybridized carbons (Fsp3) is 0.538. The molecule has 1 saturated carbocycles. The maximum Gasteiger partial charge on any atom is 0.254 e. The highest BCUT2D eigenvalue weighted by molar-refractivity contribution is 5.95. The molecule has 19 heavy (non-hydrogen) atoms. The molecule has 5 nitrogen and oxygen atoms in total. The fourth-order valence-electron chi connectivity index (χ4n) is 2.32. The van der Waals surface area contributed by atoms with Gasteiger partial charge in [-0.2, -0.15) is 0 Å². The summed E-state index contributed by atoms with van der Waals surface area (Å²) in [6, 6.07) is 1.03. The van der Waals surface area contributed by atoms with Gasteiger partial charge in [-0.3, -0.25) is 4.79 Å². The summed E-state index contributed by atoms with van der Waals surface area (Å²) in [5, 5.41) is 15.1. The Morgan fingerprint density at radius 2 is 2.21 bits per heavy atom. The van der Waals surface area contributed by atoms with Crippen molar-refractivity contribution in [3.05, 3.63) is 23.6 Å². The quantitative estimate of drug-likeness (QED) is 0.771. The lowest BCUT2D eigenvalue weighted by atomic mass is 9.92. The smallest absolute Gasteiger partial charge is 0.254 e. The minimum Gasteiger partial charge on any atom is -0.391 e. The van der Waals surface area contributed by atoms with Crippen molar-refractivity contribution >= 4 is 11.7 Å². The molecule has 1 heterocycles. The van der Waals surface area contributed by atoms with Crippen molar-refractivity contribution in [1.29, 1.82) is 0 Å². The largest absolute Gasteiger partial charge is 0.391 e. The van der Waals surface area contributed by atoms with Gasteiger partial charge in [0.2, 0.25) is 0 Å². The minimum atomic E-state index is -0.673. The van der Waals surface area contributed by atoms with E-state index in [-0.39, 0.29) is 17.4 Å². The lowest BCUT2D eigenvalue weighted by Gasteiger charge is -2.28. The van der Waals surface area contributed by atoms with Crippen LogP contribution in [0, 0.1) is 5.82 Å². The van der Waals surface area contributed by atoms with E-state index in [0.29, 0.717) is 6.42 Å². The molecular weight excluding hydrogens is 249 g/mol. The number of amides is 1. The van der Waals surface area contributed by atoms with E-state index in [1.165, 1.54) is 19.3 Å². The Morgan fingerprint density at radius 1 is 1.47 bits per heavy atom. The maximum absolute atomic E-state index is 13.9. The van der Waals surface area contributed by atoms with Crippen molar-refractivity contribution in [3.8, 4) is 0 Å². The number of hydrogen-bond donors (Lipinski definition) is 3. The van der Waals surface area contributed by atoms with Crippen LogP contribution in [0.15, 0.2) is 12.3 Å². The molecule has 1 aromatic heterocycles. The number of carbonyl (C=O) groups excluding carboxylic acids is 1. The van der Waals surface area contributed by atoms with Gasteiger partial charge in [0.05, 0.1) is 17.7 Å². The molecule has 1 fully saturated rings. The molecule has 0 saturated heterocycles. The van der Waals surface area contributed by atoms with Crippen molar-refractivity contribution in [1.82, 2.24) is 10.3 Å². The van der Waals surface area contributed by atoms with Gasteiger partial charge in [-0.15, -0.1) is 0 Å². The summed E-state index contributed by atoms with van der Waals surface area (Å²) in [4.78, 5) is 15.8. The lowest BCUT2D eigenvalue weighted by Crippen LogP contribution is -2.45. The van der Waals surface area contributed by atoms with Gasteiger partial charge in [0.15, 0.2) is 11.6 Å². The van der Waals surface area contributed by atoms with Crippen LogP contribution in [0.4, 0.5) is 10.2 Å². The Labute approximate surface area is 111 Å². The number of hydrogen-bond acceptors (Lipinski definition) is 4. The molecule has 0 aliphatic heterocycles. The summed E-state index contributed by atoms with van der Waals surface area (Å²) in [5.74, 6) is -1.15. The van der Waals surface area contributed by atoms with Crippen LogP contribution < -0.4 is 10.6 Å². The zero-order valence-corrected chi connectivity index (χ0v) is 10.8. The first-order valence-electron chi connectivity index (χ1n) is 6.44. The van der Waals surface area contributed by atoms with Gasteiger partial charge < -0.3 is 15.7 Å². The number of halogens is 1. The van der Waals surface area contributed by atoms with Gasteiger partial charge in [-0.25, -0.2) is 9.37 Å². The van der Waals surface area contributed by atoms with E-state index in [1.807, 2.05) is 0 Å². The summed E-state index contributed by atoms with van der Waals surface area (Å²) in [5.41, 5.74) is -0.0582. The minimum absolute atomic E-state index is 0.0387. The summed E-state index contributed by atoms with van der Waals surface area (Å²) in [6.45, 7) is 0. The summed E-state index contributed by atoms with van der Waals surface area (Å²) < 4.78 is 13.9. The second kappa shape index (κ2) is 5.97.